The van der Waals surface area contributed by atoms with E-state index in [1.165, 1.54) is 11.8 Å². The van der Waals surface area contributed by atoms with Gasteiger partial charge >= 0.3 is 0 Å². The highest BCUT2D eigenvalue weighted by Gasteiger charge is 2.29. The molecule has 190 valence electrons. The lowest BCUT2D eigenvalue weighted by atomic mass is 10.0. The van der Waals surface area contributed by atoms with Crippen LogP contribution in [-0.2, 0) is 16.0 Å². The third-order valence-electron chi connectivity index (χ3n) is 6.55. The van der Waals surface area contributed by atoms with Crippen LogP contribution in [0.2, 0.25) is 0 Å². The molecule has 1 aliphatic rings. The van der Waals surface area contributed by atoms with Crippen LogP contribution in [0.25, 0.3) is 4.85 Å². The SMILES string of the molecule is [C-]#[N+]c1c(N2CCC(NCC(C)(C)OC)CC2)nc(SC(C(N)=O)c2ccccc2)c(C#N)c1CC. The highest BCUT2D eigenvalue weighted by Crippen LogP contribution is 2.43. The number of nitrogens with zero attached hydrogens (tertiary/aromatic N) is 4. The summed E-state index contributed by atoms with van der Waals surface area (Å²) in [7, 11) is 1.72. The van der Waals surface area contributed by atoms with Crippen molar-refractivity contribution in [3.63, 3.8) is 0 Å². The van der Waals surface area contributed by atoms with E-state index < -0.39 is 11.2 Å². The Kier molecular flexibility index (Phi) is 9.33. The van der Waals surface area contributed by atoms with Crippen molar-refractivity contribution in [3.05, 3.63) is 58.4 Å². The van der Waals surface area contributed by atoms with Gasteiger partial charge in [0.2, 0.25) is 11.6 Å². The largest absolute Gasteiger partial charge is 0.377 e. The van der Waals surface area contributed by atoms with Gasteiger partial charge in [-0.15, -0.1) is 0 Å². The van der Waals surface area contributed by atoms with Crippen molar-refractivity contribution in [3.8, 4) is 6.07 Å². The molecule has 0 aliphatic carbocycles. The zero-order chi connectivity index (χ0) is 26.3. The molecule has 3 rings (SSSR count). The quantitative estimate of drug-likeness (QED) is 0.364. The van der Waals surface area contributed by atoms with Crippen LogP contribution < -0.4 is 16.0 Å². The number of nitriles is 1. The number of nitrogens with one attached hydrogen (secondary N) is 1. The molecule has 1 aromatic heterocycles. The van der Waals surface area contributed by atoms with Crippen molar-refractivity contribution in [1.82, 2.24) is 10.3 Å². The number of amides is 1. The molecule has 1 fully saturated rings. The molecule has 0 spiro atoms. The van der Waals surface area contributed by atoms with Crippen LogP contribution in [0.4, 0.5) is 11.5 Å². The smallest absolute Gasteiger partial charge is 0.235 e. The van der Waals surface area contributed by atoms with Crippen LogP contribution in [0.15, 0.2) is 35.4 Å². The van der Waals surface area contributed by atoms with Crippen molar-refractivity contribution in [2.45, 2.75) is 62.0 Å². The molecule has 36 heavy (non-hydrogen) atoms. The van der Waals surface area contributed by atoms with E-state index in [2.05, 4.69) is 35.0 Å². The minimum Gasteiger partial charge on any atom is -0.377 e. The summed E-state index contributed by atoms with van der Waals surface area (Å²) in [6.07, 6.45) is 2.31. The summed E-state index contributed by atoms with van der Waals surface area (Å²) in [5.74, 6) is 0.0759. The van der Waals surface area contributed by atoms with Gasteiger partial charge in [-0.1, -0.05) is 49.0 Å². The number of carbonyl (C=O) groups is 1. The maximum absolute atomic E-state index is 12.4. The summed E-state index contributed by atoms with van der Waals surface area (Å²) in [6, 6.07) is 11.8. The Bertz CT molecular complexity index is 1150. The van der Waals surface area contributed by atoms with Gasteiger partial charge in [0.15, 0.2) is 0 Å². The third-order valence-corrected chi connectivity index (χ3v) is 7.81. The molecule has 0 bridgehead atoms. The second-order valence-corrected chi connectivity index (χ2v) is 10.5. The minimum absolute atomic E-state index is 0.235. The highest BCUT2D eigenvalue weighted by atomic mass is 32.2. The Morgan fingerprint density at radius 1 is 1.39 bits per heavy atom. The first-order valence-electron chi connectivity index (χ1n) is 12.1. The number of hydrogen-bond donors (Lipinski definition) is 2. The first-order chi connectivity index (χ1) is 17.2. The molecule has 1 aliphatic heterocycles. The molecule has 1 amide bonds. The number of carbonyl (C=O) groups excluding carboxylic acids is 1. The predicted molar refractivity (Wildman–Crippen MR) is 143 cm³/mol. The normalized spacial score (nSPS) is 15.2. The Morgan fingerprint density at radius 3 is 2.58 bits per heavy atom. The van der Waals surface area contributed by atoms with Crippen molar-refractivity contribution in [1.29, 1.82) is 5.26 Å². The number of ether oxygens (including phenoxy) is 1. The van der Waals surface area contributed by atoms with Crippen LogP contribution in [0, 0.1) is 17.9 Å². The highest BCUT2D eigenvalue weighted by molar-refractivity contribution is 8.00. The van der Waals surface area contributed by atoms with Gasteiger partial charge in [0.25, 0.3) is 0 Å². The van der Waals surface area contributed by atoms with E-state index in [1.54, 1.807) is 7.11 Å². The molecule has 1 unspecified atom stereocenters. The molecule has 1 aromatic carbocycles. The van der Waals surface area contributed by atoms with E-state index in [-0.39, 0.29) is 5.60 Å². The number of nitrogens with two attached hydrogens (primary N) is 1. The summed E-state index contributed by atoms with van der Waals surface area (Å²) in [4.78, 5) is 23.1. The molecule has 8 nitrogen and oxygen atoms in total. The van der Waals surface area contributed by atoms with Crippen LogP contribution in [-0.4, -0.2) is 49.3 Å². The van der Waals surface area contributed by atoms with E-state index in [1.807, 2.05) is 37.3 Å². The van der Waals surface area contributed by atoms with Crippen LogP contribution >= 0.6 is 11.8 Å². The van der Waals surface area contributed by atoms with Crippen LogP contribution in [0.5, 0.6) is 0 Å². The first kappa shape index (κ1) is 27.5. The Morgan fingerprint density at radius 2 is 2.06 bits per heavy atom. The number of methoxy groups -OCH3 is 1. The number of benzene rings is 1. The second-order valence-electron chi connectivity index (χ2n) is 9.44. The number of hydrogen-bond acceptors (Lipinski definition) is 7. The lowest BCUT2D eigenvalue weighted by molar-refractivity contribution is -0.117. The Balaban J connectivity index is 1.92. The van der Waals surface area contributed by atoms with Crippen molar-refractivity contribution < 1.29 is 9.53 Å². The predicted octanol–water partition coefficient (Wildman–Crippen LogP) is 4.37. The van der Waals surface area contributed by atoms with Crippen LogP contribution in [0.3, 0.4) is 0 Å². The van der Waals surface area contributed by atoms with Gasteiger partial charge in [0.1, 0.15) is 22.2 Å². The molecule has 3 N–H and O–H groups in total. The number of primary amides is 1. The minimum atomic E-state index is -0.693. The molecule has 9 heteroatoms. The number of anilines is 1. The standard InChI is InChI=1S/C27H34N6O2S/c1-6-20-21(16-28)26(36-23(24(29)34)18-10-8-7-9-11-18)32-25(22(20)30-4)33-14-12-19(13-15-33)31-17-27(2,3)35-5/h7-11,19,23,31H,6,12-15,17H2,1-3,5H3,(H2,29,34). The zero-order valence-corrected chi connectivity index (χ0v) is 22.2. The fraction of sp³-hybridized carbons (Fsp3) is 0.481. The molecule has 2 heterocycles. The lowest BCUT2D eigenvalue weighted by Gasteiger charge is -2.36. The Labute approximate surface area is 218 Å². The van der Waals surface area contributed by atoms with E-state index in [0.717, 1.165) is 38.0 Å². The number of piperidine rings is 1. The number of thioether (sulfide) groups is 1. The van der Waals surface area contributed by atoms with Gasteiger partial charge in [-0.3, -0.25) is 4.79 Å². The first-order valence-corrected chi connectivity index (χ1v) is 13.0. The van der Waals surface area contributed by atoms with E-state index in [0.29, 0.717) is 40.1 Å². The molecular formula is C27H34N6O2S. The Hall–Kier alpha value is -3.11. The molecule has 0 radical (unpaired) electrons. The van der Waals surface area contributed by atoms with Crippen molar-refractivity contribution in [2.75, 3.05) is 31.6 Å². The summed E-state index contributed by atoms with van der Waals surface area (Å²) in [5.41, 5.74) is 7.70. The second kappa shape index (κ2) is 12.2. The fourth-order valence-electron chi connectivity index (χ4n) is 4.26. The number of rotatable bonds is 10. The third kappa shape index (κ3) is 6.36. The molecule has 1 atom stereocenters. The maximum atomic E-state index is 12.4. The fourth-order valence-corrected chi connectivity index (χ4v) is 5.32. The summed E-state index contributed by atoms with van der Waals surface area (Å²) in [5, 5.41) is 13.3. The number of aromatic nitrogens is 1. The maximum Gasteiger partial charge on any atom is 0.235 e. The molecule has 1 saturated heterocycles. The molecular weight excluding hydrogens is 472 g/mol. The lowest BCUT2D eigenvalue weighted by Crippen LogP contribution is -2.47. The van der Waals surface area contributed by atoms with Gasteiger partial charge in [0, 0.05) is 32.8 Å². The average molecular weight is 507 g/mol. The van der Waals surface area contributed by atoms with Crippen molar-refractivity contribution in [2.24, 2.45) is 5.73 Å². The van der Waals surface area contributed by atoms with Crippen LogP contribution in [0.1, 0.15) is 55.6 Å². The molecule has 2 aromatic rings. The summed E-state index contributed by atoms with van der Waals surface area (Å²) >= 11 is 1.18. The van der Waals surface area contributed by atoms with E-state index >= 15 is 0 Å². The summed E-state index contributed by atoms with van der Waals surface area (Å²) in [6.45, 7) is 16.1. The van der Waals surface area contributed by atoms with E-state index in [4.69, 9.17) is 22.0 Å². The average Bonchev–Trinajstić information content (AvgIpc) is 2.90. The summed E-state index contributed by atoms with van der Waals surface area (Å²) < 4.78 is 5.51. The van der Waals surface area contributed by atoms with E-state index in [9.17, 15) is 10.1 Å². The van der Waals surface area contributed by atoms with Gasteiger partial charge in [-0.25, -0.2) is 9.83 Å². The van der Waals surface area contributed by atoms with Gasteiger partial charge in [-0.2, -0.15) is 5.26 Å². The molecule has 0 saturated carbocycles. The number of pyridine rings is 1. The zero-order valence-electron chi connectivity index (χ0n) is 21.4. The van der Waals surface area contributed by atoms with Crippen molar-refractivity contribution >= 4 is 29.2 Å². The monoisotopic (exact) mass is 506 g/mol. The van der Waals surface area contributed by atoms with Gasteiger partial charge in [-0.05, 0) is 44.2 Å². The van der Waals surface area contributed by atoms with Gasteiger partial charge < -0.3 is 20.7 Å². The topological polar surface area (TPSA) is 109 Å². The van der Waals surface area contributed by atoms with Gasteiger partial charge in [0.05, 0.1) is 17.7 Å².